The fourth-order valence-electron chi connectivity index (χ4n) is 7.77. The van der Waals surface area contributed by atoms with E-state index in [0.29, 0.717) is 36.5 Å². The first-order chi connectivity index (χ1) is 22.1. The van der Waals surface area contributed by atoms with Crippen LogP contribution in [0.2, 0.25) is 18.6 Å². The fourth-order valence-corrected chi connectivity index (χ4v) is 10.4. The number of rotatable bonds is 11. The lowest BCUT2D eigenvalue weighted by Crippen LogP contribution is -2.46. The molecule has 46 heavy (non-hydrogen) atoms. The van der Waals surface area contributed by atoms with Gasteiger partial charge < -0.3 is 30.2 Å². The molecule has 11 nitrogen and oxygen atoms in total. The third-order valence-corrected chi connectivity index (χ3v) is 12.4. The number of aromatic nitrogens is 3. The van der Waals surface area contributed by atoms with Crippen LogP contribution in [0.15, 0.2) is 67.4 Å². The van der Waals surface area contributed by atoms with Gasteiger partial charge in [-0.3, -0.25) is 14.3 Å². The molecule has 12 heteroatoms. The van der Waals surface area contributed by atoms with E-state index in [-0.39, 0.29) is 41.8 Å². The third kappa shape index (κ3) is 5.73. The number of aryl methyl sites for hydroxylation is 1. The van der Waals surface area contributed by atoms with E-state index in [1.165, 1.54) is 0 Å². The largest absolute Gasteiger partial charge is 0.432 e. The third-order valence-electron chi connectivity index (χ3n) is 9.88. The van der Waals surface area contributed by atoms with E-state index >= 15 is 0 Å². The van der Waals surface area contributed by atoms with Crippen LogP contribution in [0.5, 0.6) is 0 Å². The molecule has 3 aliphatic heterocycles. The average Bonchev–Trinajstić information content (AvgIpc) is 3.82. The minimum Gasteiger partial charge on any atom is -0.432 e. The number of hydrogen-bond donors (Lipinski definition) is 4. The van der Waals surface area contributed by atoms with Crippen molar-refractivity contribution >= 4 is 31.5 Å². The van der Waals surface area contributed by atoms with Crippen LogP contribution in [-0.2, 0) is 26.5 Å². The number of carbonyl (C=O) groups excluding carboxylic acids is 2. The number of ether oxygens (including phenoxy) is 1. The Morgan fingerprint density at radius 3 is 2.74 bits per heavy atom. The van der Waals surface area contributed by atoms with Crippen LogP contribution < -0.4 is 15.5 Å². The summed E-state index contributed by atoms with van der Waals surface area (Å²) < 4.78 is 8.66. The summed E-state index contributed by atoms with van der Waals surface area (Å²) in [5.74, 6) is -0.907. The topological polar surface area (TPSA) is 142 Å². The van der Waals surface area contributed by atoms with Crippen molar-refractivity contribution in [1.82, 2.24) is 20.3 Å². The summed E-state index contributed by atoms with van der Waals surface area (Å²) in [5.41, 5.74) is 2.07. The summed E-state index contributed by atoms with van der Waals surface area (Å²) >= 11 is 0. The van der Waals surface area contributed by atoms with Gasteiger partial charge in [-0.15, -0.1) is 11.7 Å². The molecule has 0 bridgehead atoms. The number of aliphatic hydroxyl groups is 1. The maximum Gasteiger partial charge on any atom is 0.264 e. The van der Waals surface area contributed by atoms with Crippen molar-refractivity contribution in [2.75, 3.05) is 29.9 Å². The first kappa shape index (κ1) is 32.3. The van der Waals surface area contributed by atoms with Crippen LogP contribution in [0, 0.1) is 5.92 Å². The maximum atomic E-state index is 14.4. The number of aliphatic hydroxyl groups excluding tert-OH is 1. The summed E-state index contributed by atoms with van der Waals surface area (Å²) in [4.78, 5) is 40.7. The highest BCUT2D eigenvalue weighted by Gasteiger charge is 2.66. The summed E-state index contributed by atoms with van der Waals surface area (Å²) in [6, 6.07) is 15.0. The molecule has 2 aromatic carbocycles. The van der Waals surface area contributed by atoms with Crippen LogP contribution in [0.1, 0.15) is 48.9 Å². The number of fused-ring (bicyclic) bond motifs is 2. The minimum atomic E-state index is -2.87. The molecule has 244 valence electrons. The van der Waals surface area contributed by atoms with Gasteiger partial charge in [0.05, 0.1) is 36.1 Å². The normalized spacial score (nSPS) is 26.5. The van der Waals surface area contributed by atoms with Gasteiger partial charge in [0.2, 0.25) is 5.91 Å². The zero-order chi connectivity index (χ0) is 32.6. The highest BCUT2D eigenvalue weighted by atomic mass is 28.4. The van der Waals surface area contributed by atoms with Gasteiger partial charge in [0.25, 0.3) is 5.91 Å². The number of nitrogens with one attached hydrogen (secondary N) is 2. The molecule has 0 aliphatic carbocycles. The smallest absolute Gasteiger partial charge is 0.264 e. The number of benzene rings is 2. The summed E-state index contributed by atoms with van der Waals surface area (Å²) in [7, 11) is -2.87. The van der Waals surface area contributed by atoms with Crippen molar-refractivity contribution < 1.29 is 24.2 Å². The molecule has 1 spiro atoms. The molecule has 2 amide bonds. The highest BCUT2D eigenvalue weighted by molar-refractivity contribution is 6.71. The van der Waals surface area contributed by atoms with Crippen LogP contribution in [0.25, 0.3) is 0 Å². The molecule has 1 aromatic heterocycles. The predicted octanol–water partition coefficient (Wildman–Crippen LogP) is 3.51. The van der Waals surface area contributed by atoms with Gasteiger partial charge >= 0.3 is 0 Å². The molecule has 6 rings (SSSR count). The zero-order valence-electron chi connectivity index (χ0n) is 26.7. The molecule has 4 N–H and O–H groups in total. The van der Waals surface area contributed by atoms with Crippen molar-refractivity contribution in [3.63, 3.8) is 0 Å². The maximum absolute atomic E-state index is 14.4. The number of amides is 2. The molecule has 0 radical (unpaired) electrons. The van der Waals surface area contributed by atoms with E-state index in [0.717, 1.165) is 30.6 Å². The fraction of sp³-hybridized carbons (Fsp3) is 0.471. The Labute approximate surface area is 270 Å². The van der Waals surface area contributed by atoms with E-state index in [2.05, 4.69) is 27.5 Å². The molecule has 6 atom stereocenters. The molecule has 3 aliphatic rings. The molecule has 0 saturated carbocycles. The lowest BCUT2D eigenvalue weighted by Gasteiger charge is -2.32. The molecule has 2 saturated heterocycles. The molecular formula is C34H44N6O5Si. The standard InChI is InChI=1S/C34H44N6O5Si/c1-5-17-40-29-14-13-24(36-32(42)27-12-9-16-35-27)19-26(29)34(33(40)43)22(2)31(46(3,4)44)30(45-34)15-18-39-20-28(37-38-39)25(21-41)23-10-7-6-8-11-23/h5-8,10-11,13-14,19-20,22,25,27,30-31,35,41,44H,1,9,12,15-18,21H2,2-4H3,(H,36,42)/t22-,25?,27-,30+,31-,34+/m1/s1. The molecule has 4 heterocycles. The van der Waals surface area contributed by atoms with Crippen LogP contribution in [0.3, 0.4) is 0 Å². The Bertz CT molecular complexity index is 1590. The van der Waals surface area contributed by atoms with Crippen LogP contribution in [0.4, 0.5) is 11.4 Å². The molecule has 3 aromatic rings. The number of carbonyl (C=O) groups is 2. The van der Waals surface area contributed by atoms with Crippen molar-refractivity contribution in [3.05, 3.63) is 84.2 Å². The Morgan fingerprint density at radius 1 is 1.28 bits per heavy atom. The van der Waals surface area contributed by atoms with E-state index in [1.54, 1.807) is 15.7 Å². The second kappa shape index (κ2) is 12.8. The van der Waals surface area contributed by atoms with Crippen molar-refractivity contribution in [2.45, 2.75) is 75.0 Å². The monoisotopic (exact) mass is 644 g/mol. The second-order valence-electron chi connectivity index (χ2n) is 13.3. The number of nitrogens with zero attached hydrogens (tertiary/aromatic N) is 4. The Kier molecular flexibility index (Phi) is 9.01. The van der Waals surface area contributed by atoms with Crippen molar-refractivity contribution in [3.8, 4) is 0 Å². The highest BCUT2D eigenvalue weighted by Crippen LogP contribution is 2.60. The van der Waals surface area contributed by atoms with Gasteiger partial charge in [-0.2, -0.15) is 0 Å². The molecule has 2 fully saturated rings. The zero-order valence-corrected chi connectivity index (χ0v) is 27.7. The summed E-state index contributed by atoms with van der Waals surface area (Å²) in [5, 5.41) is 25.1. The van der Waals surface area contributed by atoms with E-state index < -0.39 is 20.0 Å². The van der Waals surface area contributed by atoms with E-state index in [1.807, 2.05) is 74.7 Å². The van der Waals surface area contributed by atoms with Gasteiger partial charge in [-0.05, 0) is 62.7 Å². The van der Waals surface area contributed by atoms with Gasteiger partial charge in [0.1, 0.15) is 0 Å². The molecular weight excluding hydrogens is 600 g/mol. The predicted molar refractivity (Wildman–Crippen MR) is 178 cm³/mol. The van der Waals surface area contributed by atoms with Crippen LogP contribution >= 0.6 is 0 Å². The second-order valence-corrected chi connectivity index (χ2v) is 17.2. The summed E-state index contributed by atoms with van der Waals surface area (Å²) in [6.45, 7) is 11.2. The van der Waals surface area contributed by atoms with E-state index in [9.17, 15) is 19.5 Å². The first-order valence-corrected chi connectivity index (χ1v) is 19.2. The van der Waals surface area contributed by atoms with Crippen molar-refractivity contribution in [1.29, 1.82) is 0 Å². The average molecular weight is 645 g/mol. The van der Waals surface area contributed by atoms with E-state index in [4.69, 9.17) is 4.74 Å². The number of anilines is 2. The van der Waals surface area contributed by atoms with Gasteiger partial charge in [-0.1, -0.05) is 48.5 Å². The Morgan fingerprint density at radius 2 is 2.07 bits per heavy atom. The Balaban J connectivity index is 1.29. The lowest BCUT2D eigenvalue weighted by molar-refractivity contribution is -0.145. The summed E-state index contributed by atoms with van der Waals surface area (Å²) in [6.07, 6.45) is 5.34. The van der Waals surface area contributed by atoms with Gasteiger partial charge in [-0.25, -0.2) is 0 Å². The minimum absolute atomic E-state index is 0.0941. The Hall–Kier alpha value is -3.68. The first-order valence-electron chi connectivity index (χ1n) is 16.2. The van der Waals surface area contributed by atoms with Gasteiger partial charge in [0.15, 0.2) is 13.9 Å². The lowest BCUT2D eigenvalue weighted by atomic mass is 9.82. The van der Waals surface area contributed by atoms with Gasteiger partial charge in [0, 0.05) is 42.0 Å². The van der Waals surface area contributed by atoms with Crippen LogP contribution in [-0.4, -0.2) is 76.9 Å². The van der Waals surface area contributed by atoms with Crippen molar-refractivity contribution in [2.24, 2.45) is 5.92 Å². The molecule has 1 unspecified atom stereocenters. The number of hydrogen-bond acceptors (Lipinski definition) is 8. The SMILES string of the molecule is C=CCN1C(=O)[C@@]2(O[C@@H](CCn3cc(C(CO)c4ccccc4)nn3)[C@H]([Si](C)(C)O)[C@H]2C)c2cc(NC(=O)[C@H]3CCCN3)ccc21. The quantitative estimate of drug-likeness (QED) is 0.184.